The van der Waals surface area contributed by atoms with Crippen LogP contribution in [-0.4, -0.2) is 6.08 Å². The summed E-state index contributed by atoms with van der Waals surface area (Å²) in [5.74, 6) is 0. The molecule has 1 aromatic carbocycles. The molecule has 0 amide bonds. The largest absolute Gasteiger partial charge is 0.247 e. The molecule has 0 aliphatic heterocycles. The number of rotatable bonds is 2. The monoisotopic (exact) mass is 229 g/mol. The summed E-state index contributed by atoms with van der Waals surface area (Å²) in [5.41, 5.74) is 0. The van der Waals surface area contributed by atoms with Crippen LogP contribution in [0.3, 0.4) is 0 Å². The van der Waals surface area contributed by atoms with Gasteiger partial charge in [-0.3, -0.25) is 0 Å². The van der Waals surface area contributed by atoms with Crippen LogP contribution in [0.25, 0.3) is 0 Å². The quantitative estimate of drug-likeness (QED) is 0.444. The fraction of sp³-hybridized carbons (Fsp3) is 0. The molecule has 0 fully saturated rings. The summed E-state index contributed by atoms with van der Waals surface area (Å²) < 4.78 is 4.32. The second-order valence-corrected chi connectivity index (χ2v) is 3.36. The highest BCUT2D eigenvalue weighted by molar-refractivity contribution is 9.10. The molecule has 0 unspecified atom stereocenters. The Morgan fingerprint density at radius 1 is 1.45 bits per heavy atom. The molecule has 56 valence electrons. The maximum atomic E-state index is 9.76. The Morgan fingerprint density at radius 3 is 2.82 bits per heavy atom. The van der Waals surface area contributed by atoms with Crippen molar-refractivity contribution >= 4 is 34.0 Å². The molecular weight excluding hydrogens is 226 g/mol. The maximum absolute atomic E-state index is 9.76. The van der Waals surface area contributed by atoms with E-state index in [-0.39, 0.29) is 0 Å². The molecule has 1 aromatic rings. The molecule has 0 atom stereocenters. The first kappa shape index (κ1) is 8.53. The van der Waals surface area contributed by atoms with Gasteiger partial charge >= 0.3 is 0 Å². The van der Waals surface area contributed by atoms with Crippen molar-refractivity contribution in [3.8, 4) is 0 Å². The number of nitrogens with zero attached hydrogens (tertiary/aromatic N) is 1. The van der Waals surface area contributed by atoms with Gasteiger partial charge in [0, 0.05) is 21.3 Å². The van der Waals surface area contributed by atoms with Gasteiger partial charge in [0.05, 0.1) is 0 Å². The van der Waals surface area contributed by atoms with E-state index in [2.05, 4.69) is 20.3 Å². The maximum Gasteiger partial charge on any atom is 0.247 e. The van der Waals surface area contributed by atoms with Crippen LogP contribution in [0.5, 0.6) is 0 Å². The average molecular weight is 230 g/mol. The summed E-state index contributed by atoms with van der Waals surface area (Å²) in [5, 5.41) is 0. The predicted molar refractivity (Wildman–Crippen MR) is 48.1 cm³/mol. The van der Waals surface area contributed by atoms with Crippen molar-refractivity contribution in [1.82, 2.24) is 0 Å². The second kappa shape index (κ2) is 4.34. The highest BCUT2D eigenvalue weighted by atomic mass is 79.9. The lowest BCUT2D eigenvalue weighted by Gasteiger charge is -1.94. The molecule has 0 bridgehead atoms. The topological polar surface area (TPSA) is 29.4 Å². The summed E-state index contributed by atoms with van der Waals surface area (Å²) in [6.07, 6.45) is 1.46. The molecule has 4 heteroatoms. The van der Waals surface area contributed by atoms with Crippen molar-refractivity contribution in [3.05, 3.63) is 28.7 Å². The van der Waals surface area contributed by atoms with Crippen LogP contribution in [-0.2, 0) is 4.79 Å². The van der Waals surface area contributed by atoms with Crippen LogP contribution >= 0.6 is 27.9 Å². The van der Waals surface area contributed by atoms with Crippen LogP contribution in [0.15, 0.2) is 38.0 Å². The molecule has 0 aliphatic carbocycles. The van der Waals surface area contributed by atoms with E-state index in [1.807, 2.05) is 24.3 Å². The van der Waals surface area contributed by atoms with Crippen molar-refractivity contribution in [2.75, 3.05) is 0 Å². The van der Waals surface area contributed by atoms with Gasteiger partial charge in [-0.15, -0.1) is 4.40 Å². The van der Waals surface area contributed by atoms with Crippen molar-refractivity contribution in [2.45, 2.75) is 4.90 Å². The van der Waals surface area contributed by atoms with Crippen molar-refractivity contribution < 1.29 is 4.79 Å². The molecule has 0 heterocycles. The number of carbonyl (C=O) groups excluding carboxylic acids is 1. The van der Waals surface area contributed by atoms with Crippen molar-refractivity contribution in [3.63, 3.8) is 0 Å². The van der Waals surface area contributed by atoms with E-state index < -0.39 is 0 Å². The van der Waals surface area contributed by atoms with Crippen LogP contribution in [0, 0.1) is 0 Å². The van der Waals surface area contributed by atoms with Gasteiger partial charge in [-0.2, -0.15) is 0 Å². The smallest absolute Gasteiger partial charge is 0.210 e. The number of isocyanates is 1. The lowest BCUT2D eigenvalue weighted by Crippen LogP contribution is -1.69. The lowest BCUT2D eigenvalue weighted by atomic mass is 10.4. The predicted octanol–water partition coefficient (Wildman–Crippen LogP) is 2.79. The third-order valence-corrected chi connectivity index (χ3v) is 2.69. The zero-order valence-electron chi connectivity index (χ0n) is 5.45. The summed E-state index contributed by atoms with van der Waals surface area (Å²) in [6, 6.07) is 7.55. The number of hydrogen-bond donors (Lipinski definition) is 0. The fourth-order valence-corrected chi connectivity index (χ4v) is 1.52. The Labute approximate surface area is 77.0 Å². The SMILES string of the molecule is O=C=NSc1ccccc1Br. The van der Waals surface area contributed by atoms with Crippen LogP contribution < -0.4 is 0 Å². The highest BCUT2D eigenvalue weighted by Crippen LogP contribution is 2.26. The Hall–Kier alpha value is -0.570. The number of halogens is 1. The third kappa shape index (κ3) is 2.50. The van der Waals surface area contributed by atoms with Crippen LogP contribution in [0.4, 0.5) is 0 Å². The molecule has 0 spiro atoms. The first-order valence-electron chi connectivity index (χ1n) is 2.83. The van der Waals surface area contributed by atoms with Crippen LogP contribution in [0.1, 0.15) is 0 Å². The standard InChI is InChI=1S/C7H4BrNOS/c8-6-3-1-2-4-7(6)11-9-5-10/h1-4H. The molecule has 0 aliphatic rings. The molecule has 0 aromatic heterocycles. The van der Waals surface area contributed by atoms with Crippen molar-refractivity contribution in [1.29, 1.82) is 0 Å². The van der Waals surface area contributed by atoms with E-state index >= 15 is 0 Å². The Morgan fingerprint density at radius 2 is 2.18 bits per heavy atom. The Bertz CT molecular complexity index is 296. The second-order valence-electron chi connectivity index (χ2n) is 1.70. The summed E-state index contributed by atoms with van der Waals surface area (Å²) in [4.78, 5) is 10.7. The zero-order chi connectivity index (χ0) is 8.10. The molecule has 2 nitrogen and oxygen atoms in total. The first-order chi connectivity index (χ1) is 5.34. The molecule has 1 rings (SSSR count). The third-order valence-electron chi connectivity index (χ3n) is 1.02. The van der Waals surface area contributed by atoms with Gasteiger partial charge in [0.25, 0.3) is 0 Å². The van der Waals surface area contributed by atoms with Gasteiger partial charge in [-0.05, 0) is 28.1 Å². The van der Waals surface area contributed by atoms with Gasteiger partial charge in [-0.25, -0.2) is 4.79 Å². The highest BCUT2D eigenvalue weighted by Gasteiger charge is 1.96. The molecule has 0 radical (unpaired) electrons. The zero-order valence-corrected chi connectivity index (χ0v) is 7.85. The van der Waals surface area contributed by atoms with E-state index in [1.165, 1.54) is 6.08 Å². The molecule has 0 saturated heterocycles. The van der Waals surface area contributed by atoms with E-state index in [4.69, 9.17) is 0 Å². The average Bonchev–Trinajstić information content (AvgIpc) is 2.03. The van der Waals surface area contributed by atoms with Gasteiger partial charge in [0.1, 0.15) is 0 Å². The summed E-state index contributed by atoms with van der Waals surface area (Å²) in [7, 11) is 0. The number of hydrogen-bond acceptors (Lipinski definition) is 3. The summed E-state index contributed by atoms with van der Waals surface area (Å²) in [6.45, 7) is 0. The molecule has 11 heavy (non-hydrogen) atoms. The summed E-state index contributed by atoms with van der Waals surface area (Å²) >= 11 is 4.42. The molecule has 0 N–H and O–H groups in total. The minimum Gasteiger partial charge on any atom is -0.210 e. The van der Waals surface area contributed by atoms with E-state index in [1.54, 1.807) is 0 Å². The normalized spacial score (nSPS) is 8.82. The minimum absolute atomic E-state index is 0.913. The van der Waals surface area contributed by atoms with E-state index in [0.717, 1.165) is 21.3 Å². The molecule has 0 saturated carbocycles. The van der Waals surface area contributed by atoms with Gasteiger partial charge in [-0.1, -0.05) is 12.1 Å². The van der Waals surface area contributed by atoms with Gasteiger partial charge in [0.15, 0.2) is 0 Å². The fourth-order valence-electron chi connectivity index (χ4n) is 0.587. The van der Waals surface area contributed by atoms with Gasteiger partial charge < -0.3 is 0 Å². The lowest BCUT2D eigenvalue weighted by molar-refractivity contribution is 0.566. The first-order valence-corrected chi connectivity index (χ1v) is 4.40. The Kier molecular flexibility index (Phi) is 3.36. The van der Waals surface area contributed by atoms with Crippen LogP contribution in [0.2, 0.25) is 0 Å². The Balaban J connectivity index is 2.85. The van der Waals surface area contributed by atoms with E-state index in [9.17, 15) is 4.79 Å². The molecular formula is C7H4BrNOS. The van der Waals surface area contributed by atoms with E-state index in [0.29, 0.717) is 0 Å². The van der Waals surface area contributed by atoms with Crippen molar-refractivity contribution in [2.24, 2.45) is 4.40 Å². The minimum atomic E-state index is 0.913. The van der Waals surface area contributed by atoms with Gasteiger partial charge in [0.2, 0.25) is 6.08 Å². The number of benzene rings is 1.